The summed E-state index contributed by atoms with van der Waals surface area (Å²) >= 11 is 0. The highest BCUT2D eigenvalue weighted by Crippen LogP contribution is 2.05. The van der Waals surface area contributed by atoms with Crippen LogP contribution >= 0.6 is 0 Å². The van der Waals surface area contributed by atoms with Crippen LogP contribution in [0.1, 0.15) is 32.4 Å². The molecular weight excluding hydrogens is 358 g/mol. The fraction of sp³-hybridized carbons (Fsp3) is 0.562. The minimum absolute atomic E-state index is 0.0354. The van der Waals surface area contributed by atoms with Crippen molar-refractivity contribution < 1.29 is 29.4 Å². The number of imidazole rings is 1. The molecule has 1 heterocycles. The minimum Gasteiger partial charge on any atom is -0.481 e. The third-order valence-electron chi connectivity index (χ3n) is 3.85. The fourth-order valence-corrected chi connectivity index (χ4v) is 2.28. The fourth-order valence-electron chi connectivity index (χ4n) is 2.28. The lowest BCUT2D eigenvalue weighted by Crippen LogP contribution is -2.56. The number of carboxylic acid groups (broad SMARTS) is 2. The summed E-state index contributed by atoms with van der Waals surface area (Å²) in [5.41, 5.74) is 6.21. The first-order chi connectivity index (χ1) is 12.6. The van der Waals surface area contributed by atoms with Crippen molar-refractivity contribution in [1.29, 1.82) is 0 Å². The zero-order valence-electron chi connectivity index (χ0n) is 15.1. The number of H-pyrrole nitrogens is 1. The Bertz CT molecular complexity index is 660. The number of nitrogens with one attached hydrogen (secondary N) is 3. The molecule has 7 N–H and O–H groups in total. The van der Waals surface area contributed by atoms with Crippen molar-refractivity contribution in [2.24, 2.45) is 11.7 Å². The molecule has 1 aromatic heterocycles. The first-order valence-electron chi connectivity index (χ1n) is 8.40. The van der Waals surface area contributed by atoms with Crippen LogP contribution < -0.4 is 16.4 Å². The Morgan fingerprint density at radius 1 is 1.19 bits per heavy atom. The highest BCUT2D eigenvalue weighted by atomic mass is 16.4. The average molecular weight is 383 g/mol. The Labute approximate surface area is 155 Å². The normalized spacial score (nSPS) is 14.2. The second-order valence-corrected chi connectivity index (χ2v) is 6.45. The predicted octanol–water partition coefficient (Wildman–Crippen LogP) is -1.15. The summed E-state index contributed by atoms with van der Waals surface area (Å²) in [6.07, 6.45) is 2.52. The van der Waals surface area contributed by atoms with E-state index >= 15 is 0 Å². The maximum absolute atomic E-state index is 12.6. The van der Waals surface area contributed by atoms with Gasteiger partial charge >= 0.3 is 11.9 Å². The van der Waals surface area contributed by atoms with E-state index in [4.69, 9.17) is 10.8 Å². The molecule has 0 fully saturated rings. The van der Waals surface area contributed by atoms with Gasteiger partial charge in [-0.15, -0.1) is 0 Å². The summed E-state index contributed by atoms with van der Waals surface area (Å²) < 4.78 is 0. The Morgan fingerprint density at radius 2 is 1.85 bits per heavy atom. The molecule has 0 aliphatic carbocycles. The van der Waals surface area contributed by atoms with Crippen molar-refractivity contribution in [3.05, 3.63) is 18.2 Å². The number of carboxylic acids is 2. The number of amides is 2. The Kier molecular flexibility index (Phi) is 8.39. The van der Waals surface area contributed by atoms with E-state index in [1.807, 2.05) is 0 Å². The Hall–Kier alpha value is -2.95. The monoisotopic (exact) mass is 383 g/mol. The topological polar surface area (TPSA) is 187 Å². The number of rotatable bonds is 11. The van der Waals surface area contributed by atoms with Gasteiger partial charge in [-0.3, -0.25) is 14.4 Å². The van der Waals surface area contributed by atoms with Crippen LogP contribution in [-0.4, -0.2) is 62.1 Å². The number of nitrogens with two attached hydrogens (primary N) is 1. The number of aliphatic carboxylic acids is 2. The van der Waals surface area contributed by atoms with Gasteiger partial charge in [-0.1, -0.05) is 13.8 Å². The first-order valence-corrected chi connectivity index (χ1v) is 8.40. The maximum Gasteiger partial charge on any atom is 0.326 e. The second-order valence-electron chi connectivity index (χ2n) is 6.45. The molecule has 1 aromatic rings. The van der Waals surface area contributed by atoms with Crippen LogP contribution in [0.15, 0.2) is 12.5 Å². The quantitative estimate of drug-likeness (QED) is 0.276. The van der Waals surface area contributed by atoms with Crippen LogP contribution in [0.5, 0.6) is 0 Å². The van der Waals surface area contributed by atoms with Gasteiger partial charge in [0.15, 0.2) is 0 Å². The van der Waals surface area contributed by atoms with Gasteiger partial charge in [0, 0.05) is 24.7 Å². The number of aromatic amines is 1. The molecule has 2 amide bonds. The molecule has 11 nitrogen and oxygen atoms in total. The molecular formula is C16H25N5O6. The van der Waals surface area contributed by atoms with E-state index in [1.165, 1.54) is 12.5 Å². The molecule has 150 valence electrons. The van der Waals surface area contributed by atoms with Crippen LogP contribution in [0.4, 0.5) is 0 Å². The number of nitrogens with zero attached hydrogens (tertiary/aromatic N) is 1. The summed E-state index contributed by atoms with van der Waals surface area (Å²) in [5, 5.41) is 22.8. The molecule has 1 rings (SSSR count). The van der Waals surface area contributed by atoms with Crippen LogP contribution in [0.2, 0.25) is 0 Å². The average Bonchev–Trinajstić information content (AvgIpc) is 3.08. The molecule has 3 unspecified atom stereocenters. The second kappa shape index (κ2) is 10.3. The van der Waals surface area contributed by atoms with E-state index in [-0.39, 0.29) is 25.2 Å². The van der Waals surface area contributed by atoms with Crippen molar-refractivity contribution in [1.82, 2.24) is 20.6 Å². The molecule has 0 saturated carbocycles. The van der Waals surface area contributed by atoms with Gasteiger partial charge in [0.2, 0.25) is 11.8 Å². The van der Waals surface area contributed by atoms with Crippen molar-refractivity contribution in [3.8, 4) is 0 Å². The van der Waals surface area contributed by atoms with Crippen molar-refractivity contribution >= 4 is 23.8 Å². The molecule has 0 spiro atoms. The maximum atomic E-state index is 12.6. The lowest BCUT2D eigenvalue weighted by molar-refractivity contribution is -0.143. The van der Waals surface area contributed by atoms with E-state index in [0.29, 0.717) is 5.69 Å². The first kappa shape index (κ1) is 22.1. The molecule has 3 atom stereocenters. The third-order valence-corrected chi connectivity index (χ3v) is 3.85. The van der Waals surface area contributed by atoms with E-state index in [9.17, 15) is 24.3 Å². The molecule has 0 radical (unpaired) electrons. The third kappa shape index (κ3) is 7.44. The van der Waals surface area contributed by atoms with E-state index in [1.54, 1.807) is 13.8 Å². The van der Waals surface area contributed by atoms with E-state index < -0.39 is 41.9 Å². The Morgan fingerprint density at radius 3 is 2.33 bits per heavy atom. The van der Waals surface area contributed by atoms with Crippen LogP contribution in [0, 0.1) is 5.92 Å². The number of carbonyl (C=O) groups is 4. The summed E-state index contributed by atoms with van der Waals surface area (Å²) in [7, 11) is 0. The lowest BCUT2D eigenvalue weighted by atomic mass is 10.0. The predicted molar refractivity (Wildman–Crippen MR) is 93.5 cm³/mol. The van der Waals surface area contributed by atoms with Crippen LogP contribution in [0.25, 0.3) is 0 Å². The number of hydrogen-bond donors (Lipinski definition) is 6. The van der Waals surface area contributed by atoms with Crippen LogP contribution in [-0.2, 0) is 25.6 Å². The van der Waals surface area contributed by atoms with Crippen molar-refractivity contribution in [2.45, 2.75) is 51.2 Å². The largest absolute Gasteiger partial charge is 0.481 e. The molecule has 0 saturated heterocycles. The zero-order valence-corrected chi connectivity index (χ0v) is 15.1. The summed E-state index contributed by atoms with van der Waals surface area (Å²) in [4.78, 5) is 53.3. The van der Waals surface area contributed by atoms with Crippen LogP contribution in [0.3, 0.4) is 0 Å². The highest BCUT2D eigenvalue weighted by molar-refractivity contribution is 5.92. The highest BCUT2D eigenvalue weighted by Gasteiger charge is 2.30. The number of hydrogen-bond acceptors (Lipinski definition) is 6. The lowest BCUT2D eigenvalue weighted by Gasteiger charge is -2.24. The molecule has 11 heteroatoms. The van der Waals surface area contributed by atoms with Gasteiger partial charge in [0.25, 0.3) is 0 Å². The minimum atomic E-state index is -1.19. The van der Waals surface area contributed by atoms with Gasteiger partial charge < -0.3 is 31.6 Å². The van der Waals surface area contributed by atoms with Gasteiger partial charge in [-0.05, 0) is 12.3 Å². The standard InChI is InChI=1S/C16H25N5O6/c1-8(2)13(16(26)27)21-15(25)11(5-9-6-18-7-19-9)20-14(24)10(17)3-4-12(22)23/h6-8,10-11,13H,3-5,17H2,1-2H3,(H,18,19)(H,20,24)(H,21,25)(H,22,23)(H,26,27). The van der Waals surface area contributed by atoms with Gasteiger partial charge in [0.1, 0.15) is 12.1 Å². The molecule has 0 bridgehead atoms. The van der Waals surface area contributed by atoms with Crippen molar-refractivity contribution in [2.75, 3.05) is 0 Å². The van der Waals surface area contributed by atoms with Gasteiger partial charge in [-0.25, -0.2) is 9.78 Å². The molecule has 0 aliphatic heterocycles. The zero-order chi connectivity index (χ0) is 20.6. The molecule has 0 aromatic carbocycles. The molecule has 27 heavy (non-hydrogen) atoms. The number of aromatic nitrogens is 2. The SMILES string of the molecule is CC(C)C(NC(=O)C(Cc1cnc[nH]1)NC(=O)C(N)CCC(=O)O)C(=O)O. The van der Waals surface area contributed by atoms with E-state index in [0.717, 1.165) is 0 Å². The summed E-state index contributed by atoms with van der Waals surface area (Å²) in [6, 6.07) is -3.34. The number of carbonyl (C=O) groups excluding carboxylic acids is 2. The Balaban J connectivity index is 2.85. The smallest absolute Gasteiger partial charge is 0.326 e. The van der Waals surface area contributed by atoms with Gasteiger partial charge in [-0.2, -0.15) is 0 Å². The van der Waals surface area contributed by atoms with E-state index in [2.05, 4.69) is 20.6 Å². The van der Waals surface area contributed by atoms with Crippen molar-refractivity contribution in [3.63, 3.8) is 0 Å². The summed E-state index contributed by atoms with van der Waals surface area (Å²) in [5.74, 6) is -4.04. The summed E-state index contributed by atoms with van der Waals surface area (Å²) in [6.45, 7) is 3.28. The molecule has 0 aliphatic rings. The van der Waals surface area contributed by atoms with Gasteiger partial charge in [0.05, 0.1) is 12.4 Å².